The fraction of sp³-hybridized carbons (Fsp3) is 0.308. The van der Waals surface area contributed by atoms with Crippen LogP contribution in [0, 0.1) is 6.92 Å². The fourth-order valence-corrected chi connectivity index (χ4v) is 4.40. The number of aromatic nitrogens is 5. The minimum absolute atomic E-state index is 0.0468. The molecule has 2 aromatic heterocycles. The van der Waals surface area contributed by atoms with Gasteiger partial charge in [0.1, 0.15) is 5.82 Å². The van der Waals surface area contributed by atoms with Crippen LogP contribution in [0.3, 0.4) is 0 Å². The molecule has 0 unspecified atom stereocenters. The lowest BCUT2D eigenvalue weighted by atomic mass is 9.87. The third kappa shape index (κ3) is 3.84. The summed E-state index contributed by atoms with van der Waals surface area (Å²) < 4.78 is 0. The summed E-state index contributed by atoms with van der Waals surface area (Å²) >= 11 is 0. The van der Waals surface area contributed by atoms with Gasteiger partial charge in [-0.15, -0.1) is 0 Å². The average molecular weight is 441 g/mol. The Hall–Kier alpha value is -3.74. The van der Waals surface area contributed by atoms with Gasteiger partial charge in [-0.05, 0) is 48.6 Å². The Bertz CT molecular complexity index is 1360. The Kier molecular flexibility index (Phi) is 4.92. The van der Waals surface area contributed by atoms with Crippen molar-refractivity contribution in [2.75, 3.05) is 6.54 Å². The number of hydrogen-bond donors (Lipinski definition) is 1. The highest BCUT2D eigenvalue weighted by Gasteiger charge is 2.36. The third-order valence-corrected chi connectivity index (χ3v) is 6.21. The molecule has 4 aromatic rings. The second-order valence-corrected chi connectivity index (χ2v) is 9.85. The molecule has 1 saturated heterocycles. The van der Waals surface area contributed by atoms with E-state index < -0.39 is 0 Å². The first kappa shape index (κ1) is 21.1. The van der Waals surface area contributed by atoms with E-state index in [9.17, 15) is 4.79 Å². The molecule has 0 spiro atoms. The van der Waals surface area contributed by atoms with Gasteiger partial charge in [-0.3, -0.25) is 4.79 Å². The molecule has 7 heteroatoms. The summed E-state index contributed by atoms with van der Waals surface area (Å²) in [4.78, 5) is 25.5. The van der Waals surface area contributed by atoms with E-state index >= 15 is 0 Å². The lowest BCUT2D eigenvalue weighted by Crippen LogP contribution is -2.32. The number of aryl methyl sites for hydroxylation is 1. The molecule has 1 aliphatic rings. The standard InChI is InChI=1S/C26H28N6O/c1-16-6-9-22(32-27-10-11-28-32)19(12-16)25(33)31-15-17(2)13-23(31)24-29-20-8-7-18(26(3,4)5)14-21(20)30-24/h6-12,14,23H,2,13,15H2,1,3-5H3,(H,29,30)/t23-/m0/s1. The highest BCUT2D eigenvalue weighted by molar-refractivity contribution is 5.98. The Morgan fingerprint density at radius 1 is 1.12 bits per heavy atom. The SMILES string of the molecule is C=C1C[C@@H](c2nc3ccc(C(C)(C)C)cc3[nH]2)N(C(=O)c2cc(C)ccc2-n2nccn2)C1. The number of benzene rings is 2. The van der Waals surface area contributed by atoms with Crippen LogP contribution in [0.1, 0.15) is 60.5 Å². The van der Waals surface area contributed by atoms with Crippen molar-refractivity contribution in [3.63, 3.8) is 0 Å². The van der Waals surface area contributed by atoms with E-state index in [0.29, 0.717) is 24.2 Å². The van der Waals surface area contributed by atoms with Crippen LogP contribution in [-0.2, 0) is 5.41 Å². The minimum atomic E-state index is -0.200. The maximum absolute atomic E-state index is 13.8. The molecule has 1 N–H and O–H groups in total. The van der Waals surface area contributed by atoms with Gasteiger partial charge in [0.2, 0.25) is 0 Å². The molecule has 1 aliphatic heterocycles. The van der Waals surface area contributed by atoms with Gasteiger partial charge in [0.25, 0.3) is 5.91 Å². The zero-order valence-electron chi connectivity index (χ0n) is 19.5. The molecule has 0 aliphatic carbocycles. The van der Waals surface area contributed by atoms with Crippen molar-refractivity contribution in [2.24, 2.45) is 0 Å². The number of H-pyrrole nitrogens is 1. The number of hydrogen-bond acceptors (Lipinski definition) is 4. The Labute approximate surface area is 193 Å². The summed E-state index contributed by atoms with van der Waals surface area (Å²) in [6.07, 6.45) is 3.89. The van der Waals surface area contributed by atoms with Gasteiger partial charge in [0.05, 0.1) is 40.7 Å². The van der Waals surface area contributed by atoms with Gasteiger partial charge in [0.15, 0.2) is 0 Å². The number of likely N-dealkylation sites (tertiary alicyclic amines) is 1. The summed E-state index contributed by atoms with van der Waals surface area (Å²) in [5.74, 6) is 0.708. The second-order valence-electron chi connectivity index (χ2n) is 9.85. The van der Waals surface area contributed by atoms with E-state index in [1.54, 1.807) is 12.4 Å². The summed E-state index contributed by atoms with van der Waals surface area (Å²) in [5.41, 5.74) is 6.41. The van der Waals surface area contributed by atoms with E-state index in [0.717, 1.165) is 28.0 Å². The predicted molar refractivity (Wildman–Crippen MR) is 128 cm³/mol. The smallest absolute Gasteiger partial charge is 0.257 e. The van der Waals surface area contributed by atoms with Crippen LogP contribution in [0.5, 0.6) is 0 Å². The molecule has 2 aromatic carbocycles. The van der Waals surface area contributed by atoms with Crippen molar-refractivity contribution < 1.29 is 4.79 Å². The summed E-state index contributed by atoms with van der Waals surface area (Å²) in [6, 6.07) is 11.9. The Balaban J connectivity index is 1.54. The van der Waals surface area contributed by atoms with Crippen LogP contribution < -0.4 is 0 Å². The quantitative estimate of drug-likeness (QED) is 0.460. The van der Waals surface area contributed by atoms with Crippen molar-refractivity contribution in [1.82, 2.24) is 29.9 Å². The van der Waals surface area contributed by atoms with Crippen LogP contribution in [0.15, 0.2) is 60.9 Å². The number of carbonyl (C=O) groups excluding carboxylic acids is 1. The molecule has 5 rings (SSSR count). The van der Waals surface area contributed by atoms with Crippen molar-refractivity contribution in [3.05, 3.63) is 83.5 Å². The number of fused-ring (bicyclic) bond motifs is 1. The highest BCUT2D eigenvalue weighted by atomic mass is 16.2. The summed E-state index contributed by atoms with van der Waals surface area (Å²) in [5, 5.41) is 8.47. The van der Waals surface area contributed by atoms with E-state index in [-0.39, 0.29) is 17.4 Å². The lowest BCUT2D eigenvalue weighted by molar-refractivity contribution is 0.0732. The Morgan fingerprint density at radius 2 is 1.88 bits per heavy atom. The van der Waals surface area contributed by atoms with Gasteiger partial charge in [-0.25, -0.2) is 4.98 Å². The van der Waals surface area contributed by atoms with Gasteiger partial charge in [-0.1, -0.05) is 50.6 Å². The van der Waals surface area contributed by atoms with Gasteiger partial charge < -0.3 is 9.88 Å². The molecule has 0 saturated carbocycles. The Morgan fingerprint density at radius 3 is 2.61 bits per heavy atom. The normalized spacial score (nSPS) is 16.7. The van der Waals surface area contributed by atoms with E-state index in [1.807, 2.05) is 36.1 Å². The number of carbonyl (C=O) groups is 1. The number of nitrogens with one attached hydrogen (secondary N) is 1. The minimum Gasteiger partial charge on any atom is -0.340 e. The molecule has 0 radical (unpaired) electrons. The highest BCUT2D eigenvalue weighted by Crippen LogP contribution is 2.36. The lowest BCUT2D eigenvalue weighted by Gasteiger charge is -2.24. The maximum atomic E-state index is 13.8. The molecule has 1 amide bonds. The largest absolute Gasteiger partial charge is 0.340 e. The molecule has 1 fully saturated rings. The zero-order valence-corrected chi connectivity index (χ0v) is 19.5. The van der Waals surface area contributed by atoms with E-state index in [4.69, 9.17) is 4.98 Å². The topological polar surface area (TPSA) is 79.7 Å². The van der Waals surface area contributed by atoms with Gasteiger partial charge in [0, 0.05) is 6.54 Å². The molecule has 168 valence electrons. The van der Waals surface area contributed by atoms with Gasteiger partial charge >= 0.3 is 0 Å². The van der Waals surface area contributed by atoms with Crippen molar-refractivity contribution in [2.45, 2.75) is 45.6 Å². The molecule has 3 heterocycles. The number of amides is 1. The van der Waals surface area contributed by atoms with Crippen LogP contribution in [0.25, 0.3) is 16.7 Å². The molecule has 1 atom stereocenters. The van der Waals surface area contributed by atoms with Crippen molar-refractivity contribution in [3.8, 4) is 5.69 Å². The zero-order chi connectivity index (χ0) is 23.3. The molecular formula is C26H28N6O. The van der Waals surface area contributed by atoms with Crippen LogP contribution >= 0.6 is 0 Å². The first-order chi connectivity index (χ1) is 15.7. The molecular weight excluding hydrogens is 412 g/mol. The van der Waals surface area contributed by atoms with Crippen LogP contribution in [-0.4, -0.2) is 42.3 Å². The monoisotopic (exact) mass is 440 g/mol. The average Bonchev–Trinajstić information content (AvgIpc) is 3.51. The van der Waals surface area contributed by atoms with Crippen molar-refractivity contribution >= 4 is 16.9 Å². The van der Waals surface area contributed by atoms with E-state index in [1.165, 1.54) is 10.4 Å². The summed E-state index contributed by atoms with van der Waals surface area (Å²) in [7, 11) is 0. The van der Waals surface area contributed by atoms with E-state index in [2.05, 4.69) is 54.7 Å². The van der Waals surface area contributed by atoms with Crippen molar-refractivity contribution in [1.29, 1.82) is 0 Å². The molecule has 0 bridgehead atoms. The number of imidazole rings is 1. The maximum Gasteiger partial charge on any atom is 0.257 e. The number of rotatable bonds is 3. The van der Waals surface area contributed by atoms with Crippen LogP contribution in [0.4, 0.5) is 0 Å². The third-order valence-electron chi connectivity index (χ3n) is 6.21. The number of nitrogens with zero attached hydrogens (tertiary/aromatic N) is 5. The predicted octanol–water partition coefficient (Wildman–Crippen LogP) is 4.89. The fourth-order valence-electron chi connectivity index (χ4n) is 4.40. The molecule has 33 heavy (non-hydrogen) atoms. The second kappa shape index (κ2) is 7.69. The number of aromatic amines is 1. The first-order valence-electron chi connectivity index (χ1n) is 11.2. The van der Waals surface area contributed by atoms with Gasteiger partial charge in [-0.2, -0.15) is 15.0 Å². The first-order valence-corrected chi connectivity index (χ1v) is 11.2. The summed E-state index contributed by atoms with van der Waals surface area (Å²) in [6.45, 7) is 13.2. The molecule has 7 nitrogen and oxygen atoms in total. The van der Waals surface area contributed by atoms with Crippen LogP contribution in [0.2, 0.25) is 0 Å².